The Morgan fingerprint density at radius 3 is 2.89 bits per heavy atom. The van der Waals surface area contributed by atoms with Gasteiger partial charge in [-0.25, -0.2) is 0 Å². The zero-order valence-corrected chi connectivity index (χ0v) is 12.4. The second-order valence-electron chi connectivity index (χ2n) is 5.82. The van der Waals surface area contributed by atoms with Crippen molar-refractivity contribution < 1.29 is 9.53 Å². The van der Waals surface area contributed by atoms with Crippen LogP contribution < -0.4 is 5.32 Å². The van der Waals surface area contributed by atoms with Crippen LogP contribution in [0, 0.1) is 5.92 Å². The lowest BCUT2D eigenvalue weighted by molar-refractivity contribution is -0.145. The molecular weight excluding hydrogens is 240 g/mol. The zero-order chi connectivity index (χ0) is 13.7. The number of likely N-dealkylation sites (N-methyl/N-ethyl adjacent to an activating group) is 1. The average Bonchev–Trinajstić information content (AvgIpc) is 2.83. The topological polar surface area (TPSA) is 41.6 Å². The van der Waals surface area contributed by atoms with E-state index in [9.17, 15) is 4.79 Å². The van der Waals surface area contributed by atoms with Crippen LogP contribution in [0.1, 0.15) is 45.4 Å². The molecule has 19 heavy (non-hydrogen) atoms. The predicted octanol–water partition coefficient (Wildman–Crippen LogP) is 1.79. The van der Waals surface area contributed by atoms with Gasteiger partial charge in [0.25, 0.3) is 0 Å². The minimum atomic E-state index is -0.150. The lowest BCUT2D eigenvalue weighted by atomic mass is 9.85. The second kappa shape index (κ2) is 7.25. The summed E-state index contributed by atoms with van der Waals surface area (Å²) in [4.78, 5) is 14.4. The van der Waals surface area contributed by atoms with Gasteiger partial charge in [-0.1, -0.05) is 12.8 Å². The van der Waals surface area contributed by atoms with Crippen molar-refractivity contribution >= 4 is 5.97 Å². The van der Waals surface area contributed by atoms with Crippen molar-refractivity contribution in [2.75, 3.05) is 26.7 Å². The zero-order valence-electron chi connectivity index (χ0n) is 12.4. The molecule has 1 aliphatic carbocycles. The molecule has 3 unspecified atom stereocenters. The van der Waals surface area contributed by atoms with Gasteiger partial charge in [0.15, 0.2) is 0 Å². The maximum absolute atomic E-state index is 11.8. The number of carbonyl (C=O) groups excluding carboxylic acids is 1. The molecule has 0 spiro atoms. The summed E-state index contributed by atoms with van der Waals surface area (Å²) in [5.41, 5.74) is 0. The number of fused-ring (bicyclic) bond motifs is 1. The van der Waals surface area contributed by atoms with Crippen LogP contribution in [0.4, 0.5) is 0 Å². The van der Waals surface area contributed by atoms with Crippen molar-refractivity contribution in [2.45, 2.75) is 57.5 Å². The highest BCUT2D eigenvalue weighted by Gasteiger charge is 2.35. The smallest absolute Gasteiger partial charge is 0.323 e. The number of nitrogens with one attached hydrogen (secondary N) is 1. The van der Waals surface area contributed by atoms with Crippen LogP contribution in [-0.2, 0) is 9.53 Å². The van der Waals surface area contributed by atoms with Gasteiger partial charge < -0.3 is 15.0 Å². The third-order valence-electron chi connectivity index (χ3n) is 4.75. The fraction of sp³-hybridized carbons (Fsp3) is 0.933. The number of rotatable bonds is 6. The van der Waals surface area contributed by atoms with Crippen molar-refractivity contribution in [3.8, 4) is 0 Å². The minimum absolute atomic E-state index is 0.107. The standard InChI is InChI=1S/C15H28N2O2/c1-3-19-15(18)13(16-2)9-11-17-10-8-12-6-4-5-7-14(12)17/h12-14,16H,3-11H2,1-2H3. The van der Waals surface area contributed by atoms with Gasteiger partial charge in [0.05, 0.1) is 6.61 Å². The summed E-state index contributed by atoms with van der Waals surface area (Å²) >= 11 is 0. The van der Waals surface area contributed by atoms with E-state index in [0.29, 0.717) is 6.61 Å². The molecule has 0 radical (unpaired) electrons. The molecule has 0 bridgehead atoms. The lowest BCUT2D eigenvalue weighted by Crippen LogP contribution is -2.41. The summed E-state index contributed by atoms with van der Waals surface area (Å²) < 4.78 is 5.10. The van der Waals surface area contributed by atoms with E-state index in [1.54, 1.807) is 0 Å². The second-order valence-corrected chi connectivity index (χ2v) is 5.82. The molecule has 2 rings (SSSR count). The van der Waals surface area contributed by atoms with Gasteiger partial charge in [0.2, 0.25) is 0 Å². The first kappa shape index (κ1) is 14.8. The van der Waals surface area contributed by atoms with Crippen molar-refractivity contribution in [1.82, 2.24) is 10.2 Å². The van der Waals surface area contributed by atoms with Crippen LogP contribution in [0.5, 0.6) is 0 Å². The Balaban J connectivity index is 1.79. The summed E-state index contributed by atoms with van der Waals surface area (Å²) in [5, 5.41) is 3.08. The molecule has 1 saturated carbocycles. The molecule has 2 fully saturated rings. The van der Waals surface area contributed by atoms with Crippen molar-refractivity contribution in [3.05, 3.63) is 0 Å². The molecule has 0 aromatic carbocycles. The van der Waals surface area contributed by atoms with E-state index >= 15 is 0 Å². The maximum atomic E-state index is 11.8. The fourth-order valence-electron chi connectivity index (χ4n) is 3.70. The molecule has 1 aliphatic heterocycles. The molecule has 1 N–H and O–H groups in total. The number of carbonyl (C=O) groups is 1. The van der Waals surface area contributed by atoms with Crippen LogP contribution in [-0.4, -0.2) is 49.7 Å². The van der Waals surface area contributed by atoms with Crippen molar-refractivity contribution in [1.29, 1.82) is 0 Å². The summed E-state index contributed by atoms with van der Waals surface area (Å²) in [6.07, 6.45) is 7.78. The number of nitrogens with zero attached hydrogens (tertiary/aromatic N) is 1. The average molecular weight is 268 g/mol. The minimum Gasteiger partial charge on any atom is -0.465 e. The number of esters is 1. The maximum Gasteiger partial charge on any atom is 0.323 e. The van der Waals surface area contributed by atoms with Gasteiger partial charge in [-0.15, -0.1) is 0 Å². The van der Waals surface area contributed by atoms with Gasteiger partial charge in [-0.3, -0.25) is 4.79 Å². The third-order valence-corrected chi connectivity index (χ3v) is 4.75. The molecule has 0 amide bonds. The van der Waals surface area contributed by atoms with E-state index < -0.39 is 0 Å². The van der Waals surface area contributed by atoms with Gasteiger partial charge in [-0.2, -0.15) is 0 Å². The Morgan fingerprint density at radius 1 is 1.37 bits per heavy atom. The Hall–Kier alpha value is -0.610. The summed E-state index contributed by atoms with van der Waals surface area (Å²) in [5.74, 6) is 0.814. The highest BCUT2D eigenvalue weighted by atomic mass is 16.5. The third kappa shape index (κ3) is 3.69. The molecule has 1 heterocycles. The van der Waals surface area contributed by atoms with Crippen molar-refractivity contribution in [3.63, 3.8) is 0 Å². The van der Waals surface area contributed by atoms with Gasteiger partial charge in [0.1, 0.15) is 6.04 Å². The van der Waals surface area contributed by atoms with Crippen molar-refractivity contribution in [2.24, 2.45) is 5.92 Å². The van der Waals surface area contributed by atoms with E-state index in [1.165, 1.54) is 38.6 Å². The lowest BCUT2D eigenvalue weighted by Gasteiger charge is -2.32. The SMILES string of the molecule is CCOC(=O)C(CCN1CCC2CCCCC21)NC. The van der Waals surface area contributed by atoms with Crippen LogP contribution in [0.3, 0.4) is 0 Å². The Kier molecular flexibility index (Phi) is 5.64. The first-order valence-electron chi connectivity index (χ1n) is 7.84. The van der Waals surface area contributed by atoms with E-state index in [0.717, 1.165) is 24.9 Å². The Morgan fingerprint density at radius 2 is 2.16 bits per heavy atom. The predicted molar refractivity (Wildman–Crippen MR) is 76.0 cm³/mol. The molecular formula is C15H28N2O2. The van der Waals surface area contributed by atoms with E-state index in [1.807, 2.05) is 14.0 Å². The summed E-state index contributed by atoms with van der Waals surface area (Å²) in [7, 11) is 1.84. The normalized spacial score (nSPS) is 28.9. The summed E-state index contributed by atoms with van der Waals surface area (Å²) in [6, 6.07) is 0.635. The Bertz CT molecular complexity index is 296. The van der Waals surface area contributed by atoms with Crippen LogP contribution in [0.2, 0.25) is 0 Å². The molecule has 2 aliphatic rings. The van der Waals surface area contributed by atoms with Crippen LogP contribution >= 0.6 is 0 Å². The van der Waals surface area contributed by atoms with E-state index in [2.05, 4.69) is 10.2 Å². The van der Waals surface area contributed by atoms with Crippen LogP contribution in [0.15, 0.2) is 0 Å². The highest BCUT2D eigenvalue weighted by molar-refractivity contribution is 5.75. The van der Waals surface area contributed by atoms with E-state index in [-0.39, 0.29) is 12.0 Å². The molecule has 1 saturated heterocycles. The van der Waals surface area contributed by atoms with Crippen LogP contribution in [0.25, 0.3) is 0 Å². The number of ether oxygens (including phenoxy) is 1. The first-order chi connectivity index (χ1) is 9.26. The monoisotopic (exact) mass is 268 g/mol. The molecule has 4 heteroatoms. The van der Waals surface area contributed by atoms with Gasteiger partial charge in [0, 0.05) is 12.6 Å². The molecule has 110 valence electrons. The molecule has 3 atom stereocenters. The van der Waals surface area contributed by atoms with Gasteiger partial charge >= 0.3 is 5.97 Å². The quantitative estimate of drug-likeness (QED) is 0.746. The van der Waals surface area contributed by atoms with E-state index in [4.69, 9.17) is 4.74 Å². The largest absolute Gasteiger partial charge is 0.465 e. The first-order valence-corrected chi connectivity index (χ1v) is 7.84. The Labute approximate surface area is 116 Å². The summed E-state index contributed by atoms with van der Waals surface area (Å²) in [6.45, 7) is 4.56. The number of hydrogen-bond donors (Lipinski definition) is 1. The fourth-order valence-corrected chi connectivity index (χ4v) is 3.70. The number of hydrogen-bond acceptors (Lipinski definition) is 4. The number of likely N-dealkylation sites (tertiary alicyclic amines) is 1. The van der Waals surface area contributed by atoms with Gasteiger partial charge in [-0.05, 0) is 52.1 Å². The highest BCUT2D eigenvalue weighted by Crippen LogP contribution is 2.36. The molecule has 0 aromatic rings. The molecule has 0 aromatic heterocycles. The molecule has 4 nitrogen and oxygen atoms in total.